The van der Waals surface area contributed by atoms with E-state index in [2.05, 4.69) is 26.5 Å². The van der Waals surface area contributed by atoms with Crippen molar-refractivity contribution in [3.8, 4) is 17.6 Å². The first kappa shape index (κ1) is 20.4. The predicted molar refractivity (Wildman–Crippen MR) is 103 cm³/mol. The fourth-order valence-corrected chi connectivity index (χ4v) is 2.78. The minimum atomic E-state index is -0.788. The van der Waals surface area contributed by atoms with Crippen LogP contribution in [0.25, 0.3) is 0 Å². The second-order valence-electron chi connectivity index (χ2n) is 5.20. The number of nitrogens with zero attached hydrogens (tertiary/aromatic N) is 2. The van der Waals surface area contributed by atoms with Crippen LogP contribution in [0.1, 0.15) is 35.3 Å². The minimum Gasteiger partial charge on any atom is -0.490 e. The maximum absolute atomic E-state index is 13.8. The third-order valence-corrected chi connectivity index (χ3v) is 3.93. The van der Waals surface area contributed by atoms with E-state index in [0.717, 1.165) is 6.07 Å². The van der Waals surface area contributed by atoms with E-state index in [1.165, 1.54) is 18.3 Å². The van der Waals surface area contributed by atoms with Gasteiger partial charge in [-0.3, -0.25) is 4.79 Å². The average molecular weight is 434 g/mol. The molecule has 8 heteroatoms. The van der Waals surface area contributed by atoms with Crippen LogP contribution in [0.4, 0.5) is 4.39 Å². The second kappa shape index (κ2) is 9.69. The van der Waals surface area contributed by atoms with E-state index in [0.29, 0.717) is 34.7 Å². The van der Waals surface area contributed by atoms with Gasteiger partial charge in [-0.1, -0.05) is 0 Å². The lowest BCUT2D eigenvalue weighted by molar-refractivity contribution is 0.0951. The molecule has 0 saturated heterocycles. The van der Waals surface area contributed by atoms with Crippen molar-refractivity contribution in [1.82, 2.24) is 5.43 Å². The van der Waals surface area contributed by atoms with Gasteiger partial charge >= 0.3 is 0 Å². The van der Waals surface area contributed by atoms with E-state index >= 15 is 0 Å². The molecule has 140 valence electrons. The minimum absolute atomic E-state index is 0.134. The highest BCUT2D eigenvalue weighted by Gasteiger charge is 2.13. The number of nitrogens with one attached hydrogen (secondary N) is 1. The van der Waals surface area contributed by atoms with Crippen LogP contribution >= 0.6 is 15.9 Å². The Kier molecular flexibility index (Phi) is 7.32. The molecule has 27 heavy (non-hydrogen) atoms. The molecule has 2 aromatic carbocycles. The fraction of sp³-hybridized carbons (Fsp3) is 0.211. The molecule has 1 N–H and O–H groups in total. The van der Waals surface area contributed by atoms with Crippen LogP contribution < -0.4 is 14.9 Å². The topological polar surface area (TPSA) is 83.7 Å². The molecule has 0 aliphatic rings. The summed E-state index contributed by atoms with van der Waals surface area (Å²) >= 11 is 3.42. The van der Waals surface area contributed by atoms with E-state index in [9.17, 15) is 9.18 Å². The highest BCUT2D eigenvalue weighted by atomic mass is 79.9. The number of hydrazone groups is 1. The van der Waals surface area contributed by atoms with Gasteiger partial charge in [-0.25, -0.2) is 9.82 Å². The van der Waals surface area contributed by atoms with Gasteiger partial charge in [0.15, 0.2) is 11.5 Å². The normalized spacial score (nSPS) is 10.5. The van der Waals surface area contributed by atoms with Gasteiger partial charge in [0, 0.05) is 0 Å². The number of hydrogen-bond acceptors (Lipinski definition) is 5. The quantitative estimate of drug-likeness (QED) is 0.527. The van der Waals surface area contributed by atoms with Gasteiger partial charge in [0.2, 0.25) is 0 Å². The number of rotatable bonds is 7. The van der Waals surface area contributed by atoms with Crippen LogP contribution in [0.15, 0.2) is 39.9 Å². The Labute approximate surface area is 164 Å². The molecule has 0 spiro atoms. The van der Waals surface area contributed by atoms with E-state index in [4.69, 9.17) is 14.7 Å². The first-order valence-corrected chi connectivity index (χ1v) is 8.91. The van der Waals surface area contributed by atoms with E-state index in [1.54, 1.807) is 18.2 Å². The molecule has 1 amide bonds. The summed E-state index contributed by atoms with van der Waals surface area (Å²) in [6, 6.07) is 8.87. The van der Waals surface area contributed by atoms with Crippen LogP contribution in [0.2, 0.25) is 0 Å². The standard InChI is InChI=1S/C19H17BrFN3O3/c1-3-26-17-9-13(7-15(20)18(17)27-4-2)11-23-24-19(25)14-6-5-12(10-22)8-16(14)21/h5-9,11H,3-4H2,1-2H3,(H,24,25)/b23-11-. The first-order valence-electron chi connectivity index (χ1n) is 8.12. The largest absolute Gasteiger partial charge is 0.490 e. The average Bonchev–Trinajstić information content (AvgIpc) is 2.64. The van der Waals surface area contributed by atoms with Gasteiger partial charge < -0.3 is 9.47 Å². The number of halogens is 2. The number of carbonyl (C=O) groups is 1. The van der Waals surface area contributed by atoms with Crippen molar-refractivity contribution in [2.45, 2.75) is 13.8 Å². The van der Waals surface area contributed by atoms with E-state index < -0.39 is 11.7 Å². The van der Waals surface area contributed by atoms with E-state index in [-0.39, 0.29) is 11.1 Å². The Balaban J connectivity index is 2.16. The van der Waals surface area contributed by atoms with Crippen LogP contribution in [0.5, 0.6) is 11.5 Å². The number of amides is 1. The molecular formula is C19H17BrFN3O3. The highest BCUT2D eigenvalue weighted by molar-refractivity contribution is 9.10. The SMILES string of the molecule is CCOc1cc(/C=N\NC(=O)c2ccc(C#N)cc2F)cc(Br)c1OCC. The van der Waals surface area contributed by atoms with Crippen molar-refractivity contribution in [3.63, 3.8) is 0 Å². The van der Waals surface area contributed by atoms with Gasteiger partial charge in [0.05, 0.1) is 41.1 Å². The Morgan fingerprint density at radius 2 is 2.04 bits per heavy atom. The van der Waals surface area contributed by atoms with Crippen LogP contribution in [-0.4, -0.2) is 25.3 Å². The summed E-state index contributed by atoms with van der Waals surface area (Å²) in [5, 5.41) is 12.6. The maximum atomic E-state index is 13.8. The van der Waals surface area contributed by atoms with Crippen LogP contribution in [0.3, 0.4) is 0 Å². The number of carbonyl (C=O) groups excluding carboxylic acids is 1. The summed E-state index contributed by atoms with van der Waals surface area (Å²) in [6.07, 6.45) is 1.41. The van der Waals surface area contributed by atoms with Crippen LogP contribution in [0, 0.1) is 17.1 Å². The molecule has 0 heterocycles. The summed E-state index contributed by atoms with van der Waals surface area (Å²) < 4.78 is 25.6. The molecule has 6 nitrogen and oxygen atoms in total. The van der Waals surface area contributed by atoms with Gasteiger partial charge in [0.25, 0.3) is 5.91 Å². The molecule has 0 aliphatic heterocycles. The number of hydrogen-bond donors (Lipinski definition) is 1. The number of nitriles is 1. The van der Waals surface area contributed by atoms with Crippen molar-refractivity contribution >= 4 is 28.1 Å². The lowest BCUT2D eigenvalue weighted by Crippen LogP contribution is -2.19. The Bertz CT molecular complexity index is 910. The lowest BCUT2D eigenvalue weighted by atomic mass is 10.1. The van der Waals surface area contributed by atoms with Crippen molar-refractivity contribution in [2.75, 3.05) is 13.2 Å². The van der Waals surface area contributed by atoms with Crippen molar-refractivity contribution in [1.29, 1.82) is 5.26 Å². The molecule has 0 radical (unpaired) electrons. The fourth-order valence-electron chi connectivity index (χ4n) is 2.20. The zero-order valence-electron chi connectivity index (χ0n) is 14.8. The molecule has 0 bridgehead atoms. The van der Waals surface area contributed by atoms with Gasteiger partial charge in [0.1, 0.15) is 5.82 Å². The molecule has 0 atom stereocenters. The second-order valence-corrected chi connectivity index (χ2v) is 6.06. The van der Waals surface area contributed by atoms with Crippen molar-refractivity contribution < 1.29 is 18.7 Å². The summed E-state index contributed by atoms with van der Waals surface area (Å²) in [7, 11) is 0. The third-order valence-electron chi connectivity index (χ3n) is 3.34. The summed E-state index contributed by atoms with van der Waals surface area (Å²) in [6.45, 7) is 4.67. The van der Waals surface area contributed by atoms with Gasteiger partial charge in [-0.05, 0) is 65.7 Å². The van der Waals surface area contributed by atoms with Crippen molar-refractivity contribution in [3.05, 3.63) is 57.3 Å². The maximum Gasteiger partial charge on any atom is 0.274 e. The molecule has 0 aromatic heterocycles. The zero-order valence-corrected chi connectivity index (χ0v) is 16.3. The van der Waals surface area contributed by atoms with Crippen LogP contribution in [-0.2, 0) is 0 Å². The Morgan fingerprint density at radius 3 is 2.67 bits per heavy atom. The molecule has 0 fully saturated rings. The predicted octanol–water partition coefficient (Wildman–Crippen LogP) is 4.02. The number of ether oxygens (including phenoxy) is 2. The molecule has 2 rings (SSSR count). The van der Waals surface area contributed by atoms with Crippen molar-refractivity contribution in [2.24, 2.45) is 5.10 Å². The summed E-state index contributed by atoms with van der Waals surface area (Å²) in [4.78, 5) is 12.0. The molecular weight excluding hydrogens is 417 g/mol. The first-order chi connectivity index (χ1) is 13.0. The monoisotopic (exact) mass is 433 g/mol. The third kappa shape index (κ3) is 5.28. The summed E-state index contributed by atoms with van der Waals surface area (Å²) in [5.41, 5.74) is 2.84. The molecule has 0 aliphatic carbocycles. The molecule has 0 unspecified atom stereocenters. The number of benzene rings is 2. The lowest BCUT2D eigenvalue weighted by Gasteiger charge is -2.13. The van der Waals surface area contributed by atoms with Gasteiger partial charge in [-0.2, -0.15) is 10.4 Å². The molecule has 2 aromatic rings. The van der Waals surface area contributed by atoms with E-state index in [1.807, 2.05) is 13.8 Å². The summed E-state index contributed by atoms with van der Waals surface area (Å²) in [5.74, 6) is -0.382. The van der Waals surface area contributed by atoms with Gasteiger partial charge in [-0.15, -0.1) is 0 Å². The highest BCUT2D eigenvalue weighted by Crippen LogP contribution is 2.36. The Morgan fingerprint density at radius 1 is 1.30 bits per heavy atom. The Hall–Kier alpha value is -2.92. The molecule has 0 saturated carbocycles. The zero-order chi connectivity index (χ0) is 19.8. The smallest absolute Gasteiger partial charge is 0.274 e.